The van der Waals surface area contributed by atoms with Crippen LogP contribution in [0.4, 0.5) is 0 Å². The summed E-state index contributed by atoms with van der Waals surface area (Å²) >= 11 is 7.48. The minimum Gasteiger partial charge on any atom is -0.484 e. The zero-order valence-corrected chi connectivity index (χ0v) is 11.3. The van der Waals surface area contributed by atoms with Crippen molar-refractivity contribution < 1.29 is 9.15 Å². The number of pyridine rings is 1. The van der Waals surface area contributed by atoms with E-state index >= 15 is 0 Å². The molecule has 0 aliphatic heterocycles. The van der Waals surface area contributed by atoms with E-state index in [1.807, 2.05) is 17.5 Å². The molecule has 0 aliphatic rings. The second kappa shape index (κ2) is 5.42. The molecule has 3 aromatic rings. The number of thiophene rings is 1. The number of rotatable bonds is 4. The second-order valence-electron chi connectivity index (χ2n) is 3.70. The average Bonchev–Trinajstić information content (AvgIpc) is 3.09. The zero-order chi connectivity index (χ0) is 13.1. The van der Waals surface area contributed by atoms with E-state index in [0.717, 1.165) is 4.88 Å². The maximum atomic E-state index is 5.90. The lowest BCUT2D eigenvalue weighted by molar-refractivity contribution is 0.300. The Bertz CT molecular complexity index is 667. The van der Waals surface area contributed by atoms with Crippen LogP contribution < -0.4 is 4.74 Å². The highest BCUT2D eigenvalue weighted by molar-refractivity contribution is 7.13. The quantitative estimate of drug-likeness (QED) is 0.681. The van der Waals surface area contributed by atoms with Crippen molar-refractivity contribution in [1.29, 1.82) is 0 Å². The Morgan fingerprint density at radius 2 is 2.26 bits per heavy atom. The van der Waals surface area contributed by atoms with Crippen molar-refractivity contribution in [2.75, 3.05) is 0 Å². The normalized spacial score (nSPS) is 10.6. The van der Waals surface area contributed by atoms with Gasteiger partial charge in [0.1, 0.15) is 18.6 Å². The molecule has 3 heterocycles. The molecule has 3 aromatic heterocycles. The molecule has 6 heteroatoms. The lowest BCUT2D eigenvalue weighted by atomic mass is 10.4. The van der Waals surface area contributed by atoms with Crippen LogP contribution in [-0.2, 0) is 6.61 Å². The SMILES string of the molecule is Clc1ncccc1OCc1coc(-c2cccs2)n1. The summed E-state index contributed by atoms with van der Waals surface area (Å²) in [5.41, 5.74) is 0.711. The van der Waals surface area contributed by atoms with Crippen molar-refractivity contribution in [1.82, 2.24) is 9.97 Å². The first kappa shape index (κ1) is 12.2. The van der Waals surface area contributed by atoms with Crippen LogP contribution in [-0.4, -0.2) is 9.97 Å². The van der Waals surface area contributed by atoms with E-state index < -0.39 is 0 Å². The number of hydrogen-bond acceptors (Lipinski definition) is 5. The molecule has 0 aliphatic carbocycles. The molecular formula is C13H9ClN2O2S. The van der Waals surface area contributed by atoms with Gasteiger partial charge in [0.05, 0.1) is 4.88 Å². The van der Waals surface area contributed by atoms with Gasteiger partial charge in [0.2, 0.25) is 5.89 Å². The molecule has 0 amide bonds. The van der Waals surface area contributed by atoms with E-state index in [9.17, 15) is 0 Å². The highest BCUT2D eigenvalue weighted by Gasteiger charge is 2.09. The van der Waals surface area contributed by atoms with E-state index in [1.165, 1.54) is 0 Å². The lowest BCUT2D eigenvalue weighted by Gasteiger charge is -2.04. The van der Waals surface area contributed by atoms with Crippen LogP contribution in [0.3, 0.4) is 0 Å². The van der Waals surface area contributed by atoms with Crippen LogP contribution in [0.25, 0.3) is 10.8 Å². The predicted molar refractivity (Wildman–Crippen MR) is 73.4 cm³/mol. The maximum Gasteiger partial charge on any atom is 0.236 e. The summed E-state index contributed by atoms with van der Waals surface area (Å²) in [5, 5.41) is 2.31. The standard InChI is InChI=1S/C13H9ClN2O2S/c14-12-10(3-1-5-15-12)17-7-9-8-18-13(16-9)11-4-2-6-19-11/h1-6,8H,7H2. The van der Waals surface area contributed by atoms with Gasteiger partial charge in [0, 0.05) is 6.20 Å². The van der Waals surface area contributed by atoms with Crippen molar-refractivity contribution in [2.24, 2.45) is 0 Å². The van der Waals surface area contributed by atoms with Gasteiger partial charge < -0.3 is 9.15 Å². The third-order valence-corrected chi connectivity index (χ3v) is 3.53. The molecule has 3 rings (SSSR count). The fourth-order valence-electron chi connectivity index (χ4n) is 1.52. The molecule has 4 nitrogen and oxygen atoms in total. The van der Waals surface area contributed by atoms with Crippen LogP contribution in [0, 0.1) is 0 Å². The maximum absolute atomic E-state index is 5.90. The van der Waals surface area contributed by atoms with Crippen LogP contribution in [0.1, 0.15) is 5.69 Å². The number of nitrogens with zero attached hydrogens (tertiary/aromatic N) is 2. The largest absolute Gasteiger partial charge is 0.484 e. The van der Waals surface area contributed by atoms with Gasteiger partial charge in [-0.05, 0) is 23.6 Å². The molecule has 0 unspecified atom stereocenters. The Kier molecular flexibility index (Phi) is 3.48. The van der Waals surface area contributed by atoms with Crippen molar-refractivity contribution >= 4 is 22.9 Å². The molecule has 0 aromatic carbocycles. The molecule has 0 fully saturated rings. The molecule has 0 saturated heterocycles. The first-order valence-electron chi connectivity index (χ1n) is 5.54. The summed E-state index contributed by atoms with van der Waals surface area (Å²) in [7, 11) is 0. The number of halogens is 1. The molecule has 0 saturated carbocycles. The molecule has 0 N–H and O–H groups in total. The van der Waals surface area contributed by atoms with Crippen LogP contribution >= 0.6 is 22.9 Å². The van der Waals surface area contributed by atoms with E-state index in [2.05, 4.69) is 9.97 Å². The van der Waals surface area contributed by atoms with E-state index in [-0.39, 0.29) is 0 Å². The average molecular weight is 293 g/mol. The predicted octanol–water partition coefficient (Wildman–Crippen LogP) is 4.03. The van der Waals surface area contributed by atoms with E-state index in [4.69, 9.17) is 20.8 Å². The first-order valence-corrected chi connectivity index (χ1v) is 6.80. The summed E-state index contributed by atoms with van der Waals surface area (Å²) in [6.45, 7) is 0.292. The second-order valence-corrected chi connectivity index (χ2v) is 5.01. The van der Waals surface area contributed by atoms with Gasteiger partial charge in [-0.15, -0.1) is 11.3 Å². The van der Waals surface area contributed by atoms with E-state index in [0.29, 0.717) is 29.1 Å². The lowest BCUT2D eigenvalue weighted by Crippen LogP contribution is -1.96. The highest BCUT2D eigenvalue weighted by Crippen LogP contribution is 2.25. The van der Waals surface area contributed by atoms with Gasteiger partial charge >= 0.3 is 0 Å². The summed E-state index contributed by atoms with van der Waals surface area (Å²) in [4.78, 5) is 9.28. The van der Waals surface area contributed by atoms with Crippen molar-refractivity contribution in [3.05, 3.63) is 53.0 Å². The molecular weight excluding hydrogens is 284 g/mol. The highest BCUT2D eigenvalue weighted by atomic mass is 35.5. The number of oxazole rings is 1. The van der Waals surface area contributed by atoms with Crippen LogP contribution in [0.2, 0.25) is 5.15 Å². The molecule has 19 heavy (non-hydrogen) atoms. The topological polar surface area (TPSA) is 48.2 Å². The monoisotopic (exact) mass is 292 g/mol. The summed E-state index contributed by atoms with van der Waals surface area (Å²) < 4.78 is 10.9. The van der Waals surface area contributed by atoms with Gasteiger partial charge in [-0.3, -0.25) is 0 Å². The number of aromatic nitrogens is 2. The molecule has 0 bridgehead atoms. The Morgan fingerprint density at radius 3 is 3.05 bits per heavy atom. The molecule has 0 spiro atoms. The Hall–Kier alpha value is -1.85. The van der Waals surface area contributed by atoms with Gasteiger partial charge in [-0.2, -0.15) is 0 Å². The fraction of sp³-hybridized carbons (Fsp3) is 0.0769. The summed E-state index contributed by atoms with van der Waals surface area (Å²) in [6, 6.07) is 7.44. The first-order chi connectivity index (χ1) is 9.33. The van der Waals surface area contributed by atoms with Gasteiger partial charge in [-0.1, -0.05) is 17.7 Å². The molecule has 96 valence electrons. The smallest absolute Gasteiger partial charge is 0.236 e. The Balaban J connectivity index is 1.70. The summed E-state index contributed by atoms with van der Waals surface area (Å²) in [6.07, 6.45) is 3.19. The fourth-order valence-corrected chi connectivity index (χ4v) is 2.35. The summed E-state index contributed by atoms with van der Waals surface area (Å²) in [5.74, 6) is 1.13. The van der Waals surface area contributed by atoms with Gasteiger partial charge in [0.25, 0.3) is 0 Å². The Labute approximate surface area is 118 Å². The van der Waals surface area contributed by atoms with Gasteiger partial charge in [-0.25, -0.2) is 9.97 Å². The van der Waals surface area contributed by atoms with Crippen molar-refractivity contribution in [3.63, 3.8) is 0 Å². The Morgan fingerprint density at radius 1 is 1.32 bits per heavy atom. The third-order valence-electron chi connectivity index (χ3n) is 2.38. The van der Waals surface area contributed by atoms with Crippen molar-refractivity contribution in [2.45, 2.75) is 6.61 Å². The number of hydrogen-bond donors (Lipinski definition) is 0. The number of ether oxygens (including phenoxy) is 1. The minimum atomic E-state index is 0.292. The zero-order valence-electron chi connectivity index (χ0n) is 9.75. The molecule has 0 atom stereocenters. The van der Waals surface area contributed by atoms with Crippen molar-refractivity contribution in [3.8, 4) is 16.5 Å². The third kappa shape index (κ3) is 2.77. The van der Waals surface area contributed by atoms with Crippen LogP contribution in [0.5, 0.6) is 5.75 Å². The minimum absolute atomic E-state index is 0.292. The van der Waals surface area contributed by atoms with Crippen LogP contribution in [0.15, 0.2) is 46.5 Å². The van der Waals surface area contributed by atoms with Gasteiger partial charge in [0.15, 0.2) is 10.9 Å². The molecule has 0 radical (unpaired) electrons. The van der Waals surface area contributed by atoms with E-state index in [1.54, 1.807) is 35.9 Å².